The average molecular weight is 530 g/mol. The van der Waals surface area contributed by atoms with E-state index in [1.165, 1.54) is 12.8 Å². The van der Waals surface area contributed by atoms with Crippen molar-refractivity contribution in [3.63, 3.8) is 0 Å². The third-order valence-corrected chi connectivity index (χ3v) is 7.80. The number of ether oxygens (including phenoxy) is 3. The lowest BCUT2D eigenvalue weighted by Gasteiger charge is -2.35. The standard InChI is InChI=1S/C30H43NO7/c1-18(2)7-9-20-14-23(29(35)36-16-22-11-13-31-12-5-6-24(22)31)15-21(10-8-19(3)4)28(20)38-30-27(34)26(33)25(32)17-37-30/h7-8,14-15,22,24-27,30,32-34H,5-6,9-13,16-17H2,1-4H3. The van der Waals surface area contributed by atoms with Crippen molar-refractivity contribution in [3.05, 3.63) is 52.1 Å². The third-order valence-electron chi connectivity index (χ3n) is 7.80. The van der Waals surface area contributed by atoms with Crippen LogP contribution >= 0.6 is 0 Å². The van der Waals surface area contributed by atoms with Crippen molar-refractivity contribution in [1.29, 1.82) is 0 Å². The Morgan fingerprint density at radius 3 is 2.29 bits per heavy atom. The van der Waals surface area contributed by atoms with Gasteiger partial charge in [0.15, 0.2) is 0 Å². The number of aliphatic hydroxyl groups is 3. The normalized spacial score (nSPS) is 29.0. The van der Waals surface area contributed by atoms with Crippen molar-refractivity contribution in [3.8, 4) is 5.75 Å². The van der Waals surface area contributed by atoms with Crippen LogP contribution in [-0.2, 0) is 22.3 Å². The van der Waals surface area contributed by atoms with Crippen LogP contribution in [0.4, 0.5) is 0 Å². The molecule has 0 spiro atoms. The summed E-state index contributed by atoms with van der Waals surface area (Å²) in [5, 5.41) is 30.5. The molecule has 0 radical (unpaired) electrons. The number of nitrogens with zero attached hydrogens (tertiary/aromatic N) is 1. The first kappa shape index (κ1) is 28.8. The Morgan fingerprint density at radius 1 is 1.00 bits per heavy atom. The summed E-state index contributed by atoms with van der Waals surface area (Å²) >= 11 is 0. The quantitative estimate of drug-likeness (QED) is 0.331. The molecule has 3 heterocycles. The van der Waals surface area contributed by atoms with Crippen LogP contribution in [0, 0.1) is 5.92 Å². The van der Waals surface area contributed by atoms with Crippen molar-refractivity contribution in [2.24, 2.45) is 5.92 Å². The molecule has 3 N–H and O–H groups in total. The van der Waals surface area contributed by atoms with Crippen molar-refractivity contribution in [2.75, 3.05) is 26.3 Å². The van der Waals surface area contributed by atoms with Gasteiger partial charge in [0.25, 0.3) is 0 Å². The summed E-state index contributed by atoms with van der Waals surface area (Å²) in [4.78, 5) is 15.8. The molecule has 6 atom stereocenters. The highest BCUT2D eigenvalue weighted by molar-refractivity contribution is 5.90. The second kappa shape index (κ2) is 12.7. The van der Waals surface area contributed by atoms with E-state index in [1.54, 1.807) is 12.1 Å². The molecular weight excluding hydrogens is 486 g/mol. The molecule has 3 fully saturated rings. The molecule has 3 aliphatic rings. The Hall–Kier alpha value is -2.23. The minimum atomic E-state index is -1.42. The second-order valence-corrected chi connectivity index (χ2v) is 11.4. The van der Waals surface area contributed by atoms with E-state index >= 15 is 0 Å². The number of aliphatic hydroxyl groups excluding tert-OH is 3. The van der Waals surface area contributed by atoms with Crippen molar-refractivity contribution in [1.82, 2.24) is 4.90 Å². The Labute approximate surface area is 225 Å². The van der Waals surface area contributed by atoms with Crippen molar-refractivity contribution in [2.45, 2.75) is 90.4 Å². The van der Waals surface area contributed by atoms with Gasteiger partial charge in [0.1, 0.15) is 24.1 Å². The van der Waals surface area contributed by atoms with Crippen LogP contribution in [-0.4, -0.2) is 83.1 Å². The van der Waals surface area contributed by atoms with E-state index in [4.69, 9.17) is 14.2 Å². The molecule has 6 unspecified atom stereocenters. The molecule has 3 aliphatic heterocycles. The van der Waals surface area contributed by atoms with Gasteiger partial charge in [-0.25, -0.2) is 4.79 Å². The summed E-state index contributed by atoms with van der Waals surface area (Å²) in [6.45, 7) is 10.5. The molecule has 0 amide bonds. The summed E-state index contributed by atoms with van der Waals surface area (Å²) in [5.74, 6) is 0.532. The first-order valence-corrected chi connectivity index (χ1v) is 13.8. The van der Waals surface area contributed by atoms with Crippen LogP contribution in [0.1, 0.15) is 68.4 Å². The van der Waals surface area contributed by atoms with Crippen LogP contribution in [0.2, 0.25) is 0 Å². The van der Waals surface area contributed by atoms with E-state index in [9.17, 15) is 20.1 Å². The van der Waals surface area contributed by atoms with Gasteiger partial charge in [-0.1, -0.05) is 23.3 Å². The Morgan fingerprint density at radius 2 is 1.66 bits per heavy atom. The number of carbonyl (C=O) groups is 1. The zero-order valence-electron chi connectivity index (χ0n) is 23.1. The van der Waals surface area contributed by atoms with Gasteiger partial charge >= 0.3 is 5.97 Å². The van der Waals surface area contributed by atoms with Crippen LogP contribution in [0.25, 0.3) is 0 Å². The fraction of sp³-hybridized carbons (Fsp3) is 0.633. The van der Waals surface area contributed by atoms with Crippen LogP contribution in [0.15, 0.2) is 35.4 Å². The number of hydrogen-bond donors (Lipinski definition) is 3. The highest BCUT2D eigenvalue weighted by atomic mass is 16.7. The van der Waals surface area contributed by atoms with E-state index in [2.05, 4.69) is 4.90 Å². The van der Waals surface area contributed by atoms with Gasteiger partial charge < -0.3 is 29.5 Å². The summed E-state index contributed by atoms with van der Waals surface area (Å²) in [6, 6.07) is 4.11. The minimum absolute atomic E-state index is 0.153. The van der Waals surface area contributed by atoms with Gasteiger partial charge in [-0.3, -0.25) is 4.90 Å². The van der Waals surface area contributed by atoms with Gasteiger partial charge in [0.2, 0.25) is 6.29 Å². The molecule has 0 bridgehead atoms. The van der Waals surface area contributed by atoms with Gasteiger partial charge in [0.05, 0.1) is 18.8 Å². The topological polar surface area (TPSA) is 109 Å². The monoisotopic (exact) mass is 529 g/mol. The number of esters is 1. The summed E-state index contributed by atoms with van der Waals surface area (Å²) < 4.78 is 17.6. The van der Waals surface area contributed by atoms with Crippen molar-refractivity contribution >= 4 is 5.97 Å². The first-order valence-electron chi connectivity index (χ1n) is 13.8. The van der Waals surface area contributed by atoms with Gasteiger partial charge in [-0.15, -0.1) is 0 Å². The third kappa shape index (κ3) is 6.85. The maximum atomic E-state index is 13.3. The molecular formula is C30H43NO7. The molecule has 0 aliphatic carbocycles. The number of rotatable bonds is 9. The number of carbonyl (C=O) groups excluding carboxylic acids is 1. The maximum absolute atomic E-state index is 13.3. The molecule has 1 aromatic carbocycles. The van der Waals surface area contributed by atoms with E-state index < -0.39 is 24.6 Å². The molecule has 0 aromatic heterocycles. The Balaban J connectivity index is 1.61. The zero-order chi connectivity index (χ0) is 27.4. The van der Waals surface area contributed by atoms with Gasteiger partial charge in [0, 0.05) is 12.0 Å². The largest absolute Gasteiger partial charge is 0.462 e. The fourth-order valence-electron chi connectivity index (χ4n) is 5.60. The first-order chi connectivity index (χ1) is 18.1. The summed E-state index contributed by atoms with van der Waals surface area (Å²) in [7, 11) is 0. The Bertz CT molecular complexity index is 1000. The lowest BCUT2D eigenvalue weighted by Crippen LogP contribution is -2.54. The van der Waals surface area contributed by atoms with E-state index in [0.717, 1.165) is 41.8 Å². The minimum Gasteiger partial charge on any atom is -0.462 e. The molecule has 8 nitrogen and oxygen atoms in total. The summed E-state index contributed by atoms with van der Waals surface area (Å²) in [5.41, 5.74) is 4.22. The molecule has 38 heavy (non-hydrogen) atoms. The molecule has 8 heteroatoms. The van der Waals surface area contributed by atoms with E-state index in [1.807, 2.05) is 39.8 Å². The highest BCUT2D eigenvalue weighted by Gasteiger charge is 2.40. The molecule has 0 saturated carbocycles. The van der Waals surface area contributed by atoms with Crippen molar-refractivity contribution < 1.29 is 34.3 Å². The molecule has 4 rings (SSSR count). The smallest absolute Gasteiger partial charge is 0.338 e. The highest BCUT2D eigenvalue weighted by Crippen LogP contribution is 2.34. The molecule has 1 aromatic rings. The number of benzene rings is 1. The van der Waals surface area contributed by atoms with Crippen LogP contribution in [0.3, 0.4) is 0 Å². The lowest BCUT2D eigenvalue weighted by atomic mass is 9.97. The predicted octanol–water partition coefficient (Wildman–Crippen LogP) is 3.16. The van der Waals surface area contributed by atoms with E-state index in [-0.39, 0.29) is 12.6 Å². The number of fused-ring (bicyclic) bond motifs is 1. The number of hydrogen-bond acceptors (Lipinski definition) is 8. The molecule has 3 saturated heterocycles. The lowest BCUT2D eigenvalue weighted by molar-refractivity contribution is -0.242. The molecule has 210 valence electrons. The van der Waals surface area contributed by atoms with E-state index in [0.29, 0.717) is 42.7 Å². The second-order valence-electron chi connectivity index (χ2n) is 11.4. The fourth-order valence-corrected chi connectivity index (χ4v) is 5.60. The van der Waals surface area contributed by atoms with Crippen LogP contribution < -0.4 is 4.74 Å². The van der Waals surface area contributed by atoms with Crippen LogP contribution in [0.5, 0.6) is 5.75 Å². The van der Waals surface area contributed by atoms with Gasteiger partial charge in [-0.05, 0) is 96.1 Å². The maximum Gasteiger partial charge on any atom is 0.338 e. The van der Waals surface area contributed by atoms with Gasteiger partial charge in [-0.2, -0.15) is 0 Å². The zero-order valence-corrected chi connectivity index (χ0v) is 23.1. The SMILES string of the molecule is CC(C)=CCc1cc(C(=O)OCC2CCN3CCCC23)cc(CC=C(C)C)c1OC1OCC(O)C(O)C1O. The average Bonchev–Trinajstić information content (AvgIpc) is 3.50. The predicted molar refractivity (Wildman–Crippen MR) is 144 cm³/mol. The summed E-state index contributed by atoms with van der Waals surface area (Å²) in [6.07, 6.45) is 3.43. The number of allylic oxidation sites excluding steroid dienone is 4. The Kier molecular flexibility index (Phi) is 9.65.